The number of amides is 2. The molecule has 0 bridgehead atoms. The molecule has 0 atom stereocenters. The van der Waals surface area contributed by atoms with Gasteiger partial charge in [-0.25, -0.2) is 0 Å². The third-order valence-electron chi connectivity index (χ3n) is 4.26. The first-order chi connectivity index (χ1) is 12.1. The maximum atomic E-state index is 12.4. The number of nitrogens with zero attached hydrogens (tertiary/aromatic N) is 1. The van der Waals surface area contributed by atoms with Gasteiger partial charge in [-0.1, -0.05) is 18.2 Å². The Hall–Kier alpha value is -2.66. The molecule has 5 heteroatoms. The Labute approximate surface area is 148 Å². The smallest absolute Gasteiger partial charge is 0.255 e. The summed E-state index contributed by atoms with van der Waals surface area (Å²) in [6, 6.07) is 14.9. The van der Waals surface area contributed by atoms with Crippen LogP contribution in [0.2, 0.25) is 0 Å². The van der Waals surface area contributed by atoms with Gasteiger partial charge in [-0.2, -0.15) is 0 Å². The summed E-state index contributed by atoms with van der Waals surface area (Å²) in [4.78, 5) is 26.0. The minimum Gasteiger partial charge on any atom is -0.326 e. The fraction of sp³-hybridized carbons (Fsp3) is 0.300. The minimum atomic E-state index is -0.195. The van der Waals surface area contributed by atoms with Crippen LogP contribution in [0.1, 0.15) is 35.7 Å². The van der Waals surface area contributed by atoms with E-state index in [9.17, 15) is 9.59 Å². The molecule has 3 rings (SSSR count). The van der Waals surface area contributed by atoms with Crippen molar-refractivity contribution in [3.05, 3.63) is 59.7 Å². The molecule has 1 heterocycles. The van der Waals surface area contributed by atoms with Gasteiger partial charge in [0.2, 0.25) is 5.91 Å². The second kappa shape index (κ2) is 7.94. The highest BCUT2D eigenvalue weighted by molar-refractivity contribution is 6.05. The number of carbonyl (C=O) groups is 2. The van der Waals surface area contributed by atoms with E-state index < -0.39 is 0 Å². The molecule has 2 amide bonds. The van der Waals surface area contributed by atoms with Crippen LogP contribution in [-0.4, -0.2) is 29.8 Å². The van der Waals surface area contributed by atoms with E-state index in [1.807, 2.05) is 12.1 Å². The molecule has 0 radical (unpaired) electrons. The predicted octanol–water partition coefficient (Wildman–Crippen LogP) is 3.49. The third kappa shape index (κ3) is 4.90. The van der Waals surface area contributed by atoms with Crippen molar-refractivity contribution in [1.82, 2.24) is 4.90 Å². The Balaban J connectivity index is 1.61. The molecule has 130 valence electrons. The molecular formula is C20H23N3O2. The highest BCUT2D eigenvalue weighted by Gasteiger charge is 2.12. The van der Waals surface area contributed by atoms with E-state index in [0.29, 0.717) is 11.3 Å². The second-order valence-electron chi connectivity index (χ2n) is 6.40. The number of nitrogens with one attached hydrogen (secondary N) is 2. The van der Waals surface area contributed by atoms with Crippen molar-refractivity contribution < 1.29 is 9.59 Å². The van der Waals surface area contributed by atoms with Crippen molar-refractivity contribution in [2.45, 2.75) is 26.3 Å². The molecule has 0 spiro atoms. The van der Waals surface area contributed by atoms with E-state index in [2.05, 4.69) is 27.7 Å². The molecule has 1 saturated heterocycles. The van der Waals surface area contributed by atoms with Crippen LogP contribution in [0, 0.1) is 0 Å². The first kappa shape index (κ1) is 17.2. The molecule has 25 heavy (non-hydrogen) atoms. The van der Waals surface area contributed by atoms with E-state index in [1.54, 1.807) is 24.3 Å². The van der Waals surface area contributed by atoms with Crippen molar-refractivity contribution >= 4 is 23.2 Å². The zero-order valence-corrected chi connectivity index (χ0v) is 14.4. The van der Waals surface area contributed by atoms with Crippen molar-refractivity contribution in [1.29, 1.82) is 0 Å². The quantitative estimate of drug-likeness (QED) is 0.878. The zero-order valence-electron chi connectivity index (χ0n) is 14.4. The van der Waals surface area contributed by atoms with Crippen LogP contribution in [0.3, 0.4) is 0 Å². The Morgan fingerprint density at radius 2 is 1.68 bits per heavy atom. The number of benzene rings is 2. The van der Waals surface area contributed by atoms with E-state index >= 15 is 0 Å². The fourth-order valence-electron chi connectivity index (χ4n) is 3.04. The molecular weight excluding hydrogens is 314 g/mol. The van der Waals surface area contributed by atoms with Crippen LogP contribution in [0.5, 0.6) is 0 Å². The number of rotatable bonds is 5. The van der Waals surface area contributed by atoms with Crippen molar-refractivity contribution in [2.24, 2.45) is 0 Å². The van der Waals surface area contributed by atoms with Crippen molar-refractivity contribution in [3.8, 4) is 0 Å². The van der Waals surface area contributed by atoms with Gasteiger partial charge in [0.15, 0.2) is 0 Å². The molecule has 2 N–H and O–H groups in total. The molecule has 0 aromatic heterocycles. The van der Waals surface area contributed by atoms with Gasteiger partial charge in [0.1, 0.15) is 0 Å². The van der Waals surface area contributed by atoms with Crippen LogP contribution in [0.25, 0.3) is 0 Å². The average molecular weight is 337 g/mol. The number of likely N-dealkylation sites (tertiary alicyclic amines) is 1. The molecule has 1 aliphatic heterocycles. The predicted molar refractivity (Wildman–Crippen MR) is 99.7 cm³/mol. The van der Waals surface area contributed by atoms with Gasteiger partial charge in [0, 0.05) is 30.4 Å². The molecule has 1 fully saturated rings. The normalized spacial score (nSPS) is 14.3. The van der Waals surface area contributed by atoms with Crippen LogP contribution >= 0.6 is 0 Å². The number of anilines is 2. The number of hydrogen-bond donors (Lipinski definition) is 2. The van der Waals surface area contributed by atoms with Gasteiger partial charge >= 0.3 is 0 Å². The maximum absolute atomic E-state index is 12.4. The molecule has 0 saturated carbocycles. The molecule has 2 aromatic rings. The lowest BCUT2D eigenvalue weighted by molar-refractivity contribution is -0.114. The third-order valence-corrected chi connectivity index (χ3v) is 4.26. The topological polar surface area (TPSA) is 61.4 Å². The Bertz CT molecular complexity index is 750. The summed E-state index contributed by atoms with van der Waals surface area (Å²) in [6.45, 7) is 4.75. The van der Waals surface area contributed by atoms with Crippen molar-refractivity contribution in [2.75, 3.05) is 23.7 Å². The van der Waals surface area contributed by atoms with E-state index in [4.69, 9.17) is 0 Å². The average Bonchev–Trinajstić information content (AvgIpc) is 3.09. The van der Waals surface area contributed by atoms with Crippen LogP contribution in [0.15, 0.2) is 48.5 Å². The fourth-order valence-corrected chi connectivity index (χ4v) is 3.04. The summed E-state index contributed by atoms with van der Waals surface area (Å²) in [7, 11) is 0. The highest BCUT2D eigenvalue weighted by Crippen LogP contribution is 2.17. The zero-order chi connectivity index (χ0) is 17.6. The van der Waals surface area contributed by atoms with Gasteiger partial charge in [-0.3, -0.25) is 14.5 Å². The minimum absolute atomic E-state index is 0.161. The summed E-state index contributed by atoms with van der Waals surface area (Å²) in [5.41, 5.74) is 3.14. The highest BCUT2D eigenvalue weighted by atomic mass is 16.2. The summed E-state index contributed by atoms with van der Waals surface area (Å²) in [5.74, 6) is -0.356. The molecule has 0 aliphatic carbocycles. The summed E-state index contributed by atoms with van der Waals surface area (Å²) >= 11 is 0. The molecule has 5 nitrogen and oxygen atoms in total. The van der Waals surface area contributed by atoms with Gasteiger partial charge in [-0.05, 0) is 61.8 Å². The Kier molecular flexibility index (Phi) is 5.46. The maximum Gasteiger partial charge on any atom is 0.255 e. The van der Waals surface area contributed by atoms with Gasteiger partial charge in [-0.15, -0.1) is 0 Å². The molecule has 1 aliphatic rings. The summed E-state index contributed by atoms with van der Waals surface area (Å²) in [5, 5.41) is 5.58. The van der Waals surface area contributed by atoms with E-state index in [1.165, 1.54) is 38.4 Å². The number of carbonyl (C=O) groups excluding carboxylic acids is 2. The van der Waals surface area contributed by atoms with Crippen LogP contribution < -0.4 is 10.6 Å². The summed E-state index contributed by atoms with van der Waals surface area (Å²) < 4.78 is 0. The van der Waals surface area contributed by atoms with E-state index in [0.717, 1.165) is 12.2 Å². The molecule has 0 unspecified atom stereocenters. The van der Waals surface area contributed by atoms with Gasteiger partial charge in [0.25, 0.3) is 5.91 Å². The first-order valence-corrected chi connectivity index (χ1v) is 8.60. The Morgan fingerprint density at radius 1 is 0.960 bits per heavy atom. The molecule has 2 aromatic carbocycles. The lowest BCUT2D eigenvalue weighted by atomic mass is 10.1. The number of hydrogen-bond acceptors (Lipinski definition) is 3. The van der Waals surface area contributed by atoms with Crippen LogP contribution in [0.4, 0.5) is 11.4 Å². The largest absolute Gasteiger partial charge is 0.326 e. The monoisotopic (exact) mass is 337 g/mol. The van der Waals surface area contributed by atoms with Crippen LogP contribution in [-0.2, 0) is 11.3 Å². The van der Waals surface area contributed by atoms with Gasteiger partial charge < -0.3 is 10.6 Å². The SMILES string of the molecule is CC(=O)Nc1cccc(C(=O)Nc2ccc(CN3CCCC3)cc2)c1. The van der Waals surface area contributed by atoms with Gasteiger partial charge in [0.05, 0.1) is 0 Å². The summed E-state index contributed by atoms with van der Waals surface area (Å²) in [6.07, 6.45) is 2.57. The second-order valence-corrected chi connectivity index (χ2v) is 6.40. The van der Waals surface area contributed by atoms with Crippen molar-refractivity contribution in [3.63, 3.8) is 0 Å². The first-order valence-electron chi connectivity index (χ1n) is 8.60. The lowest BCUT2D eigenvalue weighted by Gasteiger charge is -2.14. The standard InChI is InChI=1S/C20H23N3O2/c1-15(24)21-19-6-4-5-17(13-19)20(25)22-18-9-7-16(8-10-18)14-23-11-2-3-12-23/h4-10,13H,2-3,11-12,14H2,1H3,(H,21,24)(H,22,25). The van der Waals surface area contributed by atoms with E-state index in [-0.39, 0.29) is 11.8 Å². The Morgan fingerprint density at radius 3 is 2.36 bits per heavy atom. The lowest BCUT2D eigenvalue weighted by Crippen LogP contribution is -2.18.